The fraction of sp³-hybridized carbons (Fsp3) is 0.304. The molecule has 0 spiro atoms. The van der Waals surface area contributed by atoms with Crippen LogP contribution < -0.4 is 14.4 Å². The van der Waals surface area contributed by atoms with Gasteiger partial charge in [-0.1, -0.05) is 30.3 Å². The summed E-state index contributed by atoms with van der Waals surface area (Å²) in [7, 11) is 1.67. The highest BCUT2D eigenvalue weighted by atomic mass is 16.5. The standard InChI is InChI=1S/C23H25N3O3/c1-17-15-21(24-23-19(17)9-6-10-20(23)28-2)25-11-13-26(14-12-25)22(27)16-29-18-7-4-3-5-8-18/h3-10,15H,11-14,16H2,1-2H3. The van der Waals surface area contributed by atoms with Crippen molar-refractivity contribution < 1.29 is 14.3 Å². The molecule has 29 heavy (non-hydrogen) atoms. The van der Waals surface area contributed by atoms with Gasteiger partial charge in [0, 0.05) is 31.6 Å². The first-order valence-electron chi connectivity index (χ1n) is 9.80. The Bertz CT molecular complexity index is 999. The molecule has 1 fully saturated rings. The molecule has 1 aliphatic rings. The second-order valence-electron chi connectivity index (χ2n) is 7.12. The van der Waals surface area contributed by atoms with Crippen molar-refractivity contribution in [3.05, 3.63) is 60.2 Å². The highest BCUT2D eigenvalue weighted by molar-refractivity contribution is 5.89. The van der Waals surface area contributed by atoms with Crippen LogP contribution in [0.5, 0.6) is 11.5 Å². The number of hydrogen-bond acceptors (Lipinski definition) is 5. The van der Waals surface area contributed by atoms with Crippen LogP contribution in [0.4, 0.5) is 5.82 Å². The van der Waals surface area contributed by atoms with Crippen LogP contribution in [-0.2, 0) is 4.79 Å². The lowest BCUT2D eigenvalue weighted by atomic mass is 10.1. The monoisotopic (exact) mass is 391 g/mol. The number of fused-ring (bicyclic) bond motifs is 1. The zero-order valence-electron chi connectivity index (χ0n) is 16.8. The number of aryl methyl sites for hydroxylation is 1. The van der Waals surface area contributed by atoms with Gasteiger partial charge in [-0.05, 0) is 36.8 Å². The molecule has 0 bridgehead atoms. The smallest absolute Gasteiger partial charge is 0.260 e. The zero-order chi connectivity index (χ0) is 20.2. The number of hydrogen-bond donors (Lipinski definition) is 0. The number of benzene rings is 2. The van der Waals surface area contributed by atoms with Crippen molar-refractivity contribution in [3.63, 3.8) is 0 Å². The number of carbonyl (C=O) groups excluding carboxylic acids is 1. The molecule has 1 aromatic heterocycles. The summed E-state index contributed by atoms with van der Waals surface area (Å²) in [4.78, 5) is 21.4. The average molecular weight is 391 g/mol. The van der Waals surface area contributed by atoms with Gasteiger partial charge in [0.15, 0.2) is 6.61 Å². The lowest BCUT2D eigenvalue weighted by molar-refractivity contribution is -0.133. The van der Waals surface area contributed by atoms with Gasteiger partial charge in [0.25, 0.3) is 5.91 Å². The molecule has 0 N–H and O–H groups in total. The average Bonchev–Trinajstić information content (AvgIpc) is 2.78. The second-order valence-corrected chi connectivity index (χ2v) is 7.12. The number of ether oxygens (including phenoxy) is 2. The summed E-state index contributed by atoms with van der Waals surface area (Å²) in [5.74, 6) is 2.42. The molecular weight excluding hydrogens is 366 g/mol. The van der Waals surface area contributed by atoms with E-state index in [-0.39, 0.29) is 12.5 Å². The van der Waals surface area contributed by atoms with E-state index in [1.54, 1.807) is 7.11 Å². The lowest BCUT2D eigenvalue weighted by Crippen LogP contribution is -2.50. The van der Waals surface area contributed by atoms with Crippen molar-refractivity contribution in [2.45, 2.75) is 6.92 Å². The summed E-state index contributed by atoms with van der Waals surface area (Å²) in [5.41, 5.74) is 2.04. The summed E-state index contributed by atoms with van der Waals surface area (Å²) in [6.07, 6.45) is 0. The minimum absolute atomic E-state index is 0.0119. The number of carbonyl (C=O) groups is 1. The number of amides is 1. The van der Waals surface area contributed by atoms with Crippen LogP contribution in [0, 0.1) is 6.92 Å². The Balaban J connectivity index is 1.41. The number of anilines is 1. The Morgan fingerprint density at radius 3 is 2.52 bits per heavy atom. The lowest BCUT2D eigenvalue weighted by Gasteiger charge is -2.35. The maximum atomic E-state index is 12.5. The third-order valence-corrected chi connectivity index (χ3v) is 5.28. The first kappa shape index (κ1) is 19.1. The molecule has 1 saturated heterocycles. The van der Waals surface area contributed by atoms with E-state index in [1.165, 1.54) is 5.56 Å². The summed E-state index contributed by atoms with van der Waals surface area (Å²) < 4.78 is 11.1. The SMILES string of the molecule is COc1cccc2c(C)cc(N3CCN(C(=O)COc4ccccc4)CC3)nc12. The molecule has 3 aromatic rings. The molecule has 0 aliphatic carbocycles. The van der Waals surface area contributed by atoms with Crippen molar-refractivity contribution in [2.75, 3.05) is 44.8 Å². The molecule has 2 aromatic carbocycles. The van der Waals surface area contributed by atoms with E-state index in [0.29, 0.717) is 18.8 Å². The van der Waals surface area contributed by atoms with E-state index in [1.807, 2.05) is 47.4 Å². The van der Waals surface area contributed by atoms with Crippen LogP contribution in [0.2, 0.25) is 0 Å². The van der Waals surface area contributed by atoms with Gasteiger partial charge in [0.1, 0.15) is 22.8 Å². The van der Waals surface area contributed by atoms with Crippen LogP contribution >= 0.6 is 0 Å². The zero-order valence-corrected chi connectivity index (χ0v) is 16.8. The largest absolute Gasteiger partial charge is 0.494 e. The maximum Gasteiger partial charge on any atom is 0.260 e. The maximum absolute atomic E-state index is 12.5. The van der Waals surface area contributed by atoms with Crippen molar-refractivity contribution in [1.82, 2.24) is 9.88 Å². The fourth-order valence-corrected chi connectivity index (χ4v) is 3.64. The van der Waals surface area contributed by atoms with Gasteiger partial charge in [0.2, 0.25) is 0 Å². The first-order valence-corrected chi connectivity index (χ1v) is 9.80. The van der Waals surface area contributed by atoms with Crippen molar-refractivity contribution in [2.24, 2.45) is 0 Å². The summed E-state index contributed by atoms with van der Waals surface area (Å²) >= 11 is 0. The van der Waals surface area contributed by atoms with Gasteiger partial charge in [-0.25, -0.2) is 4.98 Å². The summed E-state index contributed by atoms with van der Waals surface area (Å²) in [6.45, 7) is 4.94. The van der Waals surface area contributed by atoms with E-state index in [4.69, 9.17) is 14.5 Å². The number of piperazine rings is 1. The molecule has 1 amide bonds. The molecule has 4 rings (SSSR count). The predicted octanol–water partition coefficient (Wildman–Crippen LogP) is 3.28. The van der Waals surface area contributed by atoms with E-state index in [0.717, 1.165) is 35.6 Å². The van der Waals surface area contributed by atoms with E-state index in [9.17, 15) is 4.79 Å². The Kier molecular flexibility index (Phi) is 5.51. The van der Waals surface area contributed by atoms with Crippen LogP contribution in [-0.4, -0.2) is 55.7 Å². The Hall–Kier alpha value is -3.28. The second kappa shape index (κ2) is 8.39. The normalized spacial score (nSPS) is 14.1. The number of nitrogens with zero attached hydrogens (tertiary/aromatic N) is 3. The topological polar surface area (TPSA) is 54.9 Å². The number of para-hydroxylation sites is 2. The Morgan fingerprint density at radius 2 is 1.79 bits per heavy atom. The van der Waals surface area contributed by atoms with Crippen LogP contribution in [0.25, 0.3) is 10.9 Å². The fourth-order valence-electron chi connectivity index (χ4n) is 3.64. The number of pyridine rings is 1. The molecule has 6 heteroatoms. The number of methoxy groups -OCH3 is 1. The minimum atomic E-state index is 0.0119. The van der Waals surface area contributed by atoms with Gasteiger partial charge >= 0.3 is 0 Å². The molecule has 0 unspecified atom stereocenters. The quantitative estimate of drug-likeness (QED) is 0.668. The highest BCUT2D eigenvalue weighted by Gasteiger charge is 2.23. The summed E-state index contributed by atoms with van der Waals surface area (Å²) in [6, 6.07) is 17.5. The van der Waals surface area contributed by atoms with Crippen molar-refractivity contribution in [3.8, 4) is 11.5 Å². The Labute approximate surface area is 170 Å². The van der Waals surface area contributed by atoms with Gasteiger partial charge in [-0.3, -0.25) is 4.79 Å². The van der Waals surface area contributed by atoms with Gasteiger partial charge < -0.3 is 19.3 Å². The highest BCUT2D eigenvalue weighted by Crippen LogP contribution is 2.29. The molecule has 1 aliphatic heterocycles. The first-order chi connectivity index (χ1) is 14.2. The van der Waals surface area contributed by atoms with E-state index >= 15 is 0 Å². The number of rotatable bonds is 5. The summed E-state index contributed by atoms with van der Waals surface area (Å²) in [5, 5.41) is 1.10. The van der Waals surface area contributed by atoms with Crippen LogP contribution in [0.15, 0.2) is 54.6 Å². The minimum Gasteiger partial charge on any atom is -0.494 e. The molecule has 0 radical (unpaired) electrons. The van der Waals surface area contributed by atoms with Gasteiger partial charge in [-0.2, -0.15) is 0 Å². The molecule has 0 saturated carbocycles. The third kappa shape index (κ3) is 4.11. The van der Waals surface area contributed by atoms with E-state index < -0.39 is 0 Å². The van der Waals surface area contributed by atoms with Gasteiger partial charge in [-0.15, -0.1) is 0 Å². The van der Waals surface area contributed by atoms with Crippen molar-refractivity contribution >= 4 is 22.6 Å². The van der Waals surface area contributed by atoms with Gasteiger partial charge in [0.05, 0.1) is 7.11 Å². The third-order valence-electron chi connectivity index (χ3n) is 5.28. The van der Waals surface area contributed by atoms with Crippen molar-refractivity contribution in [1.29, 1.82) is 0 Å². The molecule has 150 valence electrons. The number of aromatic nitrogens is 1. The molecule has 6 nitrogen and oxygen atoms in total. The molecular formula is C23H25N3O3. The Morgan fingerprint density at radius 1 is 1.03 bits per heavy atom. The molecule has 2 heterocycles. The predicted molar refractivity (Wildman–Crippen MR) is 114 cm³/mol. The van der Waals surface area contributed by atoms with Crippen LogP contribution in [0.3, 0.4) is 0 Å². The van der Waals surface area contributed by atoms with Crippen LogP contribution in [0.1, 0.15) is 5.56 Å². The molecule has 0 atom stereocenters. The van der Waals surface area contributed by atoms with E-state index in [2.05, 4.69) is 24.0 Å².